The molecule has 1 aliphatic rings. The van der Waals surface area contributed by atoms with Crippen molar-refractivity contribution in [3.8, 4) is 0 Å². The molecular weight excluding hydrogens is 290 g/mol. The lowest BCUT2D eigenvalue weighted by Crippen LogP contribution is -2.34. The molecule has 1 aromatic rings. The molecule has 22 heavy (non-hydrogen) atoms. The Morgan fingerprint density at radius 2 is 2.27 bits per heavy atom. The largest absolute Gasteiger partial charge is 0.332 e. The van der Waals surface area contributed by atoms with Gasteiger partial charge in [0.1, 0.15) is 0 Å². The number of imide groups is 1. The van der Waals surface area contributed by atoms with Crippen LogP contribution < -0.4 is 5.32 Å². The van der Waals surface area contributed by atoms with Gasteiger partial charge in [0, 0.05) is 36.7 Å². The number of nitrogens with zero attached hydrogens (tertiary/aromatic N) is 2. The van der Waals surface area contributed by atoms with Crippen LogP contribution in [0, 0.1) is 10.1 Å². The SMILES string of the molecule is CC(CCC(=O)NC=O)N1Cc2cc([N+](=O)[O-])ccc2C1=O. The summed E-state index contributed by atoms with van der Waals surface area (Å²) in [4.78, 5) is 45.5. The van der Waals surface area contributed by atoms with Crippen molar-refractivity contribution in [3.05, 3.63) is 39.4 Å². The van der Waals surface area contributed by atoms with Crippen LogP contribution in [0.3, 0.4) is 0 Å². The number of non-ortho nitro benzene ring substituents is 1. The Morgan fingerprint density at radius 3 is 2.91 bits per heavy atom. The Hall–Kier alpha value is -2.77. The zero-order valence-electron chi connectivity index (χ0n) is 11.9. The predicted octanol–water partition coefficient (Wildman–Crippen LogP) is 0.992. The summed E-state index contributed by atoms with van der Waals surface area (Å²) in [5.74, 6) is -0.602. The lowest BCUT2D eigenvalue weighted by molar-refractivity contribution is -0.384. The smallest absolute Gasteiger partial charge is 0.269 e. The maximum Gasteiger partial charge on any atom is 0.269 e. The van der Waals surface area contributed by atoms with Gasteiger partial charge in [-0.15, -0.1) is 0 Å². The molecule has 0 saturated heterocycles. The van der Waals surface area contributed by atoms with Crippen molar-refractivity contribution in [2.75, 3.05) is 0 Å². The van der Waals surface area contributed by atoms with Gasteiger partial charge < -0.3 is 4.90 Å². The molecule has 1 unspecified atom stereocenters. The topological polar surface area (TPSA) is 110 Å². The van der Waals surface area contributed by atoms with E-state index in [0.29, 0.717) is 24.0 Å². The molecular formula is C14H15N3O5. The highest BCUT2D eigenvalue weighted by atomic mass is 16.6. The van der Waals surface area contributed by atoms with Crippen molar-refractivity contribution >= 4 is 23.9 Å². The van der Waals surface area contributed by atoms with Crippen LogP contribution in [0.1, 0.15) is 35.7 Å². The van der Waals surface area contributed by atoms with Crippen molar-refractivity contribution in [2.45, 2.75) is 32.4 Å². The summed E-state index contributed by atoms with van der Waals surface area (Å²) in [6, 6.07) is 3.96. The van der Waals surface area contributed by atoms with Gasteiger partial charge >= 0.3 is 0 Å². The van der Waals surface area contributed by atoms with Gasteiger partial charge in [-0.1, -0.05) is 0 Å². The van der Waals surface area contributed by atoms with Crippen LogP contribution >= 0.6 is 0 Å². The average molecular weight is 305 g/mol. The first-order chi connectivity index (χ1) is 10.4. The molecule has 1 N–H and O–H groups in total. The van der Waals surface area contributed by atoms with Crippen LogP contribution in [-0.4, -0.2) is 34.1 Å². The van der Waals surface area contributed by atoms with Crippen molar-refractivity contribution in [3.63, 3.8) is 0 Å². The number of carbonyl (C=O) groups is 3. The molecule has 0 radical (unpaired) electrons. The number of carbonyl (C=O) groups excluding carboxylic acids is 3. The van der Waals surface area contributed by atoms with Gasteiger partial charge in [-0.3, -0.25) is 29.8 Å². The third-order valence-electron chi connectivity index (χ3n) is 3.67. The van der Waals surface area contributed by atoms with E-state index in [2.05, 4.69) is 0 Å². The van der Waals surface area contributed by atoms with Crippen molar-refractivity contribution < 1.29 is 19.3 Å². The summed E-state index contributed by atoms with van der Waals surface area (Å²) in [5, 5.41) is 12.8. The van der Waals surface area contributed by atoms with E-state index in [1.807, 2.05) is 5.32 Å². The Labute approximate surface area is 126 Å². The van der Waals surface area contributed by atoms with Gasteiger partial charge in [0.05, 0.1) is 4.92 Å². The second-order valence-corrected chi connectivity index (χ2v) is 5.10. The third-order valence-corrected chi connectivity index (χ3v) is 3.67. The summed E-state index contributed by atoms with van der Waals surface area (Å²) in [5.41, 5.74) is 1.02. The number of rotatable bonds is 6. The van der Waals surface area contributed by atoms with Crippen molar-refractivity contribution in [1.29, 1.82) is 0 Å². The predicted molar refractivity (Wildman–Crippen MR) is 75.9 cm³/mol. The molecule has 2 rings (SSSR count). The molecule has 0 aromatic heterocycles. The van der Waals surface area contributed by atoms with Crippen LogP contribution in [0.4, 0.5) is 5.69 Å². The fourth-order valence-electron chi connectivity index (χ4n) is 2.43. The number of hydrogen-bond acceptors (Lipinski definition) is 5. The number of nitrogens with one attached hydrogen (secondary N) is 1. The van der Waals surface area contributed by atoms with Gasteiger partial charge in [0.15, 0.2) is 0 Å². The lowest BCUT2D eigenvalue weighted by Gasteiger charge is -2.23. The highest BCUT2D eigenvalue weighted by molar-refractivity contribution is 5.98. The van der Waals surface area contributed by atoms with Crippen LogP contribution in [0.2, 0.25) is 0 Å². The minimum Gasteiger partial charge on any atom is -0.332 e. The molecule has 0 fully saturated rings. The number of nitro groups is 1. The summed E-state index contributed by atoms with van der Waals surface area (Å²) in [7, 11) is 0. The number of nitro benzene ring substituents is 1. The van der Waals surface area contributed by atoms with E-state index in [1.165, 1.54) is 18.2 Å². The van der Waals surface area contributed by atoms with Gasteiger partial charge in [-0.25, -0.2) is 0 Å². The van der Waals surface area contributed by atoms with Crippen molar-refractivity contribution in [1.82, 2.24) is 10.2 Å². The third kappa shape index (κ3) is 3.11. The van der Waals surface area contributed by atoms with E-state index in [9.17, 15) is 24.5 Å². The highest BCUT2D eigenvalue weighted by Gasteiger charge is 2.31. The number of fused-ring (bicyclic) bond motifs is 1. The minimum absolute atomic E-state index is 0.0496. The maximum atomic E-state index is 12.3. The number of hydrogen-bond donors (Lipinski definition) is 1. The van der Waals surface area contributed by atoms with Gasteiger partial charge in [0.25, 0.3) is 11.6 Å². The minimum atomic E-state index is -0.499. The normalized spacial score (nSPS) is 14.4. The summed E-state index contributed by atoms with van der Waals surface area (Å²) in [6.45, 7) is 2.08. The molecule has 1 heterocycles. The molecule has 1 atom stereocenters. The first-order valence-corrected chi connectivity index (χ1v) is 6.75. The molecule has 116 valence electrons. The fourth-order valence-corrected chi connectivity index (χ4v) is 2.43. The first-order valence-electron chi connectivity index (χ1n) is 6.75. The summed E-state index contributed by atoms with van der Waals surface area (Å²) in [6.07, 6.45) is 0.852. The van der Waals surface area contributed by atoms with Crippen LogP contribution in [-0.2, 0) is 16.1 Å². The van der Waals surface area contributed by atoms with E-state index in [4.69, 9.17) is 0 Å². The van der Waals surface area contributed by atoms with E-state index in [-0.39, 0.29) is 30.6 Å². The number of benzene rings is 1. The zero-order chi connectivity index (χ0) is 16.3. The summed E-state index contributed by atoms with van der Waals surface area (Å²) >= 11 is 0. The second-order valence-electron chi connectivity index (χ2n) is 5.10. The standard InChI is InChI=1S/C14H15N3O5/c1-9(2-5-13(19)15-8-18)16-7-10-6-11(17(21)22)3-4-12(10)14(16)20/h3-4,6,8-9H,2,5,7H2,1H3,(H,15,18,19). The Balaban J connectivity index is 2.05. The molecule has 0 spiro atoms. The summed E-state index contributed by atoms with van der Waals surface area (Å²) < 4.78 is 0. The molecule has 0 saturated carbocycles. The molecule has 1 aliphatic heterocycles. The van der Waals surface area contributed by atoms with Crippen molar-refractivity contribution in [2.24, 2.45) is 0 Å². The lowest BCUT2D eigenvalue weighted by atomic mass is 10.1. The Bertz CT molecular complexity index is 643. The second kappa shape index (κ2) is 6.33. The fraction of sp³-hybridized carbons (Fsp3) is 0.357. The van der Waals surface area contributed by atoms with Gasteiger partial charge in [0.2, 0.25) is 12.3 Å². The van der Waals surface area contributed by atoms with Crippen LogP contribution in [0.5, 0.6) is 0 Å². The first kappa shape index (κ1) is 15.6. The van der Waals surface area contributed by atoms with E-state index in [1.54, 1.807) is 11.8 Å². The quantitative estimate of drug-likeness (QED) is 0.479. The average Bonchev–Trinajstić information content (AvgIpc) is 2.82. The van der Waals surface area contributed by atoms with Gasteiger partial charge in [-0.2, -0.15) is 0 Å². The van der Waals surface area contributed by atoms with E-state index < -0.39 is 10.8 Å². The molecule has 1 aromatic carbocycles. The molecule has 8 heteroatoms. The van der Waals surface area contributed by atoms with Gasteiger partial charge in [-0.05, 0) is 25.0 Å². The molecule has 8 nitrogen and oxygen atoms in total. The van der Waals surface area contributed by atoms with E-state index >= 15 is 0 Å². The maximum absolute atomic E-state index is 12.3. The zero-order valence-corrected chi connectivity index (χ0v) is 11.9. The molecule has 0 aliphatic carbocycles. The molecule has 0 bridgehead atoms. The Kier molecular flexibility index (Phi) is 4.50. The van der Waals surface area contributed by atoms with Crippen LogP contribution in [0.15, 0.2) is 18.2 Å². The Morgan fingerprint density at radius 1 is 1.55 bits per heavy atom. The van der Waals surface area contributed by atoms with E-state index in [0.717, 1.165) is 0 Å². The highest BCUT2D eigenvalue weighted by Crippen LogP contribution is 2.28. The number of amides is 3. The monoisotopic (exact) mass is 305 g/mol. The molecule has 3 amide bonds. The van der Waals surface area contributed by atoms with Crippen LogP contribution in [0.25, 0.3) is 0 Å².